The molecule has 1 aliphatic rings. The summed E-state index contributed by atoms with van der Waals surface area (Å²) < 4.78 is 87.6. The van der Waals surface area contributed by atoms with Crippen molar-refractivity contribution < 1.29 is 35.9 Å². The summed E-state index contributed by atoms with van der Waals surface area (Å²) in [6.07, 6.45) is -7.40. The number of amides is 1. The number of ether oxygens (including phenoxy) is 1. The van der Waals surface area contributed by atoms with E-state index in [2.05, 4.69) is 30.4 Å². The monoisotopic (exact) mass is 550 g/mol. The van der Waals surface area contributed by atoms with Crippen molar-refractivity contribution in [2.75, 3.05) is 11.9 Å². The largest absolute Gasteiger partial charge is 0.434 e. The summed E-state index contributed by atoms with van der Waals surface area (Å²) in [4.78, 5) is 28.9. The van der Waals surface area contributed by atoms with Crippen LogP contribution in [0.2, 0.25) is 0 Å². The lowest BCUT2D eigenvalue weighted by Gasteiger charge is -2.54. The summed E-state index contributed by atoms with van der Waals surface area (Å²) in [5, 5.41) is 3.54. The van der Waals surface area contributed by atoms with Gasteiger partial charge in [-0.05, 0) is 13.8 Å². The molecule has 3 aromatic heterocycles. The molecule has 0 bridgehead atoms. The molecule has 1 fully saturated rings. The molecule has 202 valence electrons. The van der Waals surface area contributed by atoms with Crippen molar-refractivity contribution in [3.05, 3.63) is 47.7 Å². The average molecular weight is 550 g/mol. The zero-order valence-electron chi connectivity index (χ0n) is 20.5. The Morgan fingerprint density at radius 1 is 1.13 bits per heavy atom. The SMILES string of the molecule is [B]C1([B])N(C(=O)c2nn(C)c(C)c2-c2ncc(F)cn2)C(CNc2cnc(C(F)(F)F)cn2)C(C)OC1(F)F. The van der Waals surface area contributed by atoms with E-state index in [1.54, 1.807) is 6.92 Å². The molecule has 1 amide bonds. The third-order valence-electron chi connectivity index (χ3n) is 6.11. The van der Waals surface area contributed by atoms with E-state index in [4.69, 9.17) is 20.4 Å². The van der Waals surface area contributed by atoms with Crippen LogP contribution in [0.5, 0.6) is 0 Å². The molecule has 4 radical (unpaired) electrons. The lowest BCUT2D eigenvalue weighted by Crippen LogP contribution is -2.74. The molecular weight excluding hydrogens is 532 g/mol. The van der Waals surface area contributed by atoms with E-state index in [0.717, 1.165) is 18.6 Å². The van der Waals surface area contributed by atoms with Gasteiger partial charge in [-0.25, -0.2) is 24.3 Å². The molecule has 39 heavy (non-hydrogen) atoms. The Balaban J connectivity index is 1.73. The van der Waals surface area contributed by atoms with Crippen LogP contribution in [-0.2, 0) is 18.0 Å². The topological polar surface area (TPSA) is 111 Å². The van der Waals surface area contributed by atoms with Gasteiger partial charge in [0.1, 0.15) is 21.5 Å². The number of carbonyl (C=O) groups excluding carboxylic acids is 1. The minimum Gasteiger partial charge on any atom is -0.367 e. The molecule has 4 heterocycles. The predicted molar refractivity (Wildman–Crippen MR) is 124 cm³/mol. The number of alkyl halides is 5. The molecule has 0 spiro atoms. The summed E-state index contributed by atoms with van der Waals surface area (Å²) in [7, 11) is 13.1. The summed E-state index contributed by atoms with van der Waals surface area (Å²) in [5.41, 5.74) is -1.30. The Kier molecular flexibility index (Phi) is 7.12. The van der Waals surface area contributed by atoms with E-state index < -0.39 is 59.4 Å². The fourth-order valence-corrected chi connectivity index (χ4v) is 3.96. The molecule has 2 unspecified atom stereocenters. The molecule has 0 saturated carbocycles. The van der Waals surface area contributed by atoms with Crippen molar-refractivity contribution in [2.45, 2.75) is 43.6 Å². The average Bonchev–Trinajstić information content (AvgIpc) is 3.14. The van der Waals surface area contributed by atoms with Crippen LogP contribution in [0.4, 0.5) is 32.2 Å². The second-order valence-corrected chi connectivity index (χ2v) is 8.73. The summed E-state index contributed by atoms with van der Waals surface area (Å²) in [5.74, 6) is -2.19. The molecular formula is C21H18B2F6N8O2. The number of hydrogen-bond donors (Lipinski definition) is 1. The van der Waals surface area contributed by atoms with E-state index in [-0.39, 0.29) is 17.2 Å². The number of rotatable bonds is 5. The highest BCUT2D eigenvalue weighted by Gasteiger charge is 2.60. The van der Waals surface area contributed by atoms with Crippen LogP contribution in [0.15, 0.2) is 24.8 Å². The second kappa shape index (κ2) is 9.81. The van der Waals surface area contributed by atoms with Crippen LogP contribution >= 0.6 is 0 Å². The molecule has 1 N–H and O–H groups in total. The smallest absolute Gasteiger partial charge is 0.367 e. The summed E-state index contributed by atoms with van der Waals surface area (Å²) in [6.45, 7) is 2.37. The standard InChI is InChI=1S/C21H18B2F6N8O2/c1-9-15(17-33-4-11(24)5-34-17)16(35-36(9)3)18(38)37-12(10(2)39-21(28,29)20(37,22)23)6-31-14-8-30-13(7-32-14)19(25,26)27/h4-5,7-8,10,12H,6H2,1-3H3,(H,31,32). The zero-order valence-corrected chi connectivity index (χ0v) is 20.5. The van der Waals surface area contributed by atoms with Gasteiger partial charge in [0.05, 0.1) is 47.8 Å². The Morgan fingerprint density at radius 2 is 1.77 bits per heavy atom. The van der Waals surface area contributed by atoms with Gasteiger partial charge >= 0.3 is 12.3 Å². The summed E-state index contributed by atoms with van der Waals surface area (Å²) in [6, 6.07) is -1.32. The first-order valence-electron chi connectivity index (χ1n) is 11.2. The number of anilines is 1. The fourth-order valence-electron chi connectivity index (χ4n) is 3.96. The molecule has 0 aromatic carbocycles. The van der Waals surface area contributed by atoms with Gasteiger partial charge in [0.15, 0.2) is 23.0 Å². The Hall–Kier alpha value is -3.69. The number of aryl methyl sites for hydroxylation is 1. The van der Waals surface area contributed by atoms with Crippen molar-refractivity contribution in [2.24, 2.45) is 7.05 Å². The van der Waals surface area contributed by atoms with Crippen LogP contribution in [0.1, 0.15) is 28.8 Å². The van der Waals surface area contributed by atoms with Crippen LogP contribution in [0.3, 0.4) is 0 Å². The van der Waals surface area contributed by atoms with Crippen molar-refractivity contribution in [3.8, 4) is 11.4 Å². The number of morpholine rings is 1. The molecule has 1 saturated heterocycles. The first-order valence-corrected chi connectivity index (χ1v) is 11.2. The molecule has 10 nitrogen and oxygen atoms in total. The van der Waals surface area contributed by atoms with E-state index in [1.165, 1.54) is 18.7 Å². The zero-order chi connectivity index (χ0) is 28.9. The lowest BCUT2D eigenvalue weighted by molar-refractivity contribution is -0.319. The first-order chi connectivity index (χ1) is 18.0. The third-order valence-corrected chi connectivity index (χ3v) is 6.11. The van der Waals surface area contributed by atoms with Gasteiger partial charge in [-0.2, -0.15) is 27.1 Å². The maximum Gasteiger partial charge on any atom is 0.434 e. The van der Waals surface area contributed by atoms with E-state index in [9.17, 15) is 31.1 Å². The fraction of sp³-hybridized carbons (Fsp3) is 0.429. The van der Waals surface area contributed by atoms with Crippen LogP contribution in [0, 0.1) is 12.7 Å². The number of hydrogen-bond acceptors (Lipinski definition) is 8. The maximum atomic E-state index is 14.9. The van der Waals surface area contributed by atoms with Gasteiger partial charge in [-0.3, -0.25) is 9.48 Å². The van der Waals surface area contributed by atoms with E-state index >= 15 is 0 Å². The van der Waals surface area contributed by atoms with Crippen molar-refractivity contribution >= 4 is 27.4 Å². The number of aromatic nitrogens is 6. The number of carbonyl (C=O) groups is 1. The van der Waals surface area contributed by atoms with Gasteiger partial charge in [-0.1, -0.05) is 0 Å². The Morgan fingerprint density at radius 3 is 2.33 bits per heavy atom. The molecule has 3 aromatic rings. The highest BCUT2D eigenvalue weighted by atomic mass is 19.4. The van der Waals surface area contributed by atoms with E-state index in [1.807, 2.05) is 0 Å². The quantitative estimate of drug-likeness (QED) is 0.380. The highest BCUT2D eigenvalue weighted by Crippen LogP contribution is 2.41. The lowest BCUT2D eigenvalue weighted by atomic mass is 9.58. The van der Waals surface area contributed by atoms with Crippen molar-refractivity contribution in [3.63, 3.8) is 0 Å². The molecule has 1 aliphatic heterocycles. The van der Waals surface area contributed by atoms with Gasteiger partial charge in [0.25, 0.3) is 5.91 Å². The van der Waals surface area contributed by atoms with Crippen molar-refractivity contribution in [1.29, 1.82) is 0 Å². The van der Waals surface area contributed by atoms with Crippen molar-refractivity contribution in [1.82, 2.24) is 34.6 Å². The van der Waals surface area contributed by atoms with Crippen LogP contribution in [0.25, 0.3) is 11.4 Å². The van der Waals surface area contributed by atoms with Gasteiger partial charge < -0.3 is 15.0 Å². The number of nitrogens with zero attached hydrogens (tertiary/aromatic N) is 7. The van der Waals surface area contributed by atoms with Gasteiger partial charge in [0.2, 0.25) is 0 Å². The normalized spacial score (nSPS) is 20.6. The third kappa shape index (κ3) is 5.16. The second-order valence-electron chi connectivity index (χ2n) is 8.73. The van der Waals surface area contributed by atoms with Gasteiger partial charge in [0, 0.05) is 19.3 Å². The summed E-state index contributed by atoms with van der Waals surface area (Å²) >= 11 is 0. The Labute approximate surface area is 220 Å². The van der Waals surface area contributed by atoms with Crippen LogP contribution in [-0.4, -0.2) is 86.4 Å². The van der Waals surface area contributed by atoms with Gasteiger partial charge in [-0.15, -0.1) is 0 Å². The highest BCUT2D eigenvalue weighted by molar-refractivity contribution is 6.42. The Bertz CT molecular complexity index is 1370. The van der Waals surface area contributed by atoms with Crippen LogP contribution < -0.4 is 5.32 Å². The molecule has 2 atom stereocenters. The molecule has 0 aliphatic carbocycles. The maximum absolute atomic E-state index is 14.9. The molecule has 4 rings (SSSR count). The first kappa shape index (κ1) is 28.3. The number of nitrogens with one attached hydrogen (secondary N) is 1. The predicted octanol–water partition coefficient (Wildman–Crippen LogP) is 2.06. The molecule has 18 heteroatoms. The minimum absolute atomic E-state index is 0.0149. The minimum atomic E-state index is -4.72. The van der Waals surface area contributed by atoms with E-state index in [0.29, 0.717) is 16.8 Å². The number of halogens is 6.